The number of hydrogen-bond donors (Lipinski definition) is 32. The van der Waals surface area contributed by atoms with Gasteiger partial charge in [0.1, 0.15) is 182 Å². The zero-order chi connectivity index (χ0) is 109. The van der Waals surface area contributed by atoms with Crippen LogP contribution in [0.15, 0.2) is 18.6 Å². The molecular formula is C86H144N20O43. The van der Waals surface area contributed by atoms with Crippen molar-refractivity contribution in [1.29, 1.82) is 0 Å². The molecule has 63 heteroatoms. The van der Waals surface area contributed by atoms with Gasteiger partial charge < -0.3 is 212 Å². The van der Waals surface area contributed by atoms with Crippen LogP contribution < -0.4 is 59.1 Å². The summed E-state index contributed by atoms with van der Waals surface area (Å²) in [6, 6.07) is -3.63. The van der Waals surface area contributed by atoms with Gasteiger partial charge in [-0.1, -0.05) is 34.9 Å². The van der Waals surface area contributed by atoms with Crippen molar-refractivity contribution in [3.63, 3.8) is 0 Å². The van der Waals surface area contributed by atoms with Crippen LogP contribution in [0.25, 0.3) is 0 Å². The number of aliphatic hydroxyl groups is 21. The van der Waals surface area contributed by atoms with Crippen molar-refractivity contribution in [2.24, 2.45) is 5.84 Å². The van der Waals surface area contributed by atoms with Crippen molar-refractivity contribution in [1.82, 2.24) is 98.3 Å². The normalized spacial score (nSPS) is 30.7. The third-order valence-electron chi connectivity index (χ3n) is 25.1. The summed E-state index contributed by atoms with van der Waals surface area (Å²) in [5, 5.41) is 264. The lowest BCUT2D eigenvalue weighted by Gasteiger charge is -2.42. The number of rotatable bonds is 63. The van der Waals surface area contributed by atoms with Gasteiger partial charge in [0.15, 0.2) is 37.7 Å². The molecular weight excluding hydrogens is 2000 g/mol. The molecule has 9 rings (SSSR count). The largest absolute Gasteiger partial charge is 0.394 e. The smallest absolute Gasteiger partial charge is 0.242 e. The second kappa shape index (κ2) is 62.8. The van der Waals surface area contributed by atoms with Crippen molar-refractivity contribution in [2.75, 3.05) is 79.1 Å². The fourth-order valence-corrected chi connectivity index (χ4v) is 16.2. The maximum atomic E-state index is 14.0. The first-order valence-corrected chi connectivity index (χ1v) is 49.1. The average Bonchev–Trinajstić information content (AvgIpc) is 1.78. The minimum absolute atomic E-state index is 0.00606. The number of ether oxygens (including phenoxy) is 12. The molecule has 0 radical (unpaired) electrons. The lowest BCUT2D eigenvalue weighted by Crippen LogP contribution is -2.61. The molecule has 0 bridgehead atoms. The van der Waals surface area contributed by atoms with E-state index in [1.165, 1.54) is 39.6 Å². The van der Waals surface area contributed by atoms with E-state index in [-0.39, 0.29) is 172 Å². The lowest BCUT2D eigenvalue weighted by molar-refractivity contribution is -0.331. The maximum absolute atomic E-state index is 14.0. The Morgan fingerprint density at radius 2 is 0.557 bits per heavy atom. The molecule has 0 aliphatic carbocycles. The highest BCUT2D eigenvalue weighted by Gasteiger charge is 2.52. The summed E-state index contributed by atoms with van der Waals surface area (Å²) >= 11 is 0. The molecule has 846 valence electrons. The number of hydrazine groups is 1. The Morgan fingerprint density at radius 3 is 0.819 bits per heavy atom. The topological polar surface area (TPSA) is 945 Å². The molecule has 0 spiro atoms. The Hall–Kier alpha value is -9.24. The van der Waals surface area contributed by atoms with Gasteiger partial charge in [-0.2, -0.15) is 0 Å². The molecule has 6 aliphatic rings. The van der Waals surface area contributed by atoms with E-state index in [1.807, 2.05) is 5.43 Å². The van der Waals surface area contributed by atoms with Crippen LogP contribution in [0.1, 0.15) is 140 Å². The standard InChI is InChI=1S/C86H144N20O43/c1-41(110)94-45(14-17-54(111)91-29-42-32-104(101-98-42)23-26-138-81-72(129)69(126)63(120)51(147-81)38-141-84-75(132)66(123)60(117)48(35-107)144-84)78(135)88-20-8-2-5-11-57(114)95-46(15-18-55(112)92-30-43-33-105(102-99-43)24-27-139-82-73(130)70(127)64(121)52(148-82)39-142-85-76(133)67(124)61(118)49(36-108)145-85)79(136)89-21-9-3-6-12-58(115)96-47(80(137)90-22-10-4-7-13-59(116)97-87)16-19-56(113)93-31-44-34-106(103-100-44)25-28-140-83-74(131)71(128)65(122)53(149-83)40-143-86-77(134)68(125)62(119)50(37-109)146-86/h32-34,45-53,60-77,81-86,107-109,117-134H,2-31,35-40,87H2,1H3,(H,88,135)(H,89,136)(H,90,137)(H,91,111)(H,92,112)(H,93,113)(H,94,110)(H,95,114)(H,96,115)(H,97,116)/t45?,46?,47?,48-,49-,50-,51-,52-,53-,60-,61-,62-,63-,64+,65-,66+,67+,68+,69+,70+,71+,72+,73+,74+,75+,76+,77+,81+,82+,83+,84+,85+,86+/m1/s1. The monoisotopic (exact) mass is 2140 g/mol. The number of unbranched alkanes of at least 4 members (excludes halogenated alkanes) is 6. The van der Waals surface area contributed by atoms with Crippen LogP contribution in [0, 0.1) is 0 Å². The van der Waals surface area contributed by atoms with Gasteiger partial charge in [-0.3, -0.25) is 53.4 Å². The molecule has 33 N–H and O–H groups in total. The summed E-state index contributed by atoms with van der Waals surface area (Å²) in [6.45, 7) is -3.73. The van der Waals surface area contributed by atoms with E-state index in [2.05, 4.69) is 78.8 Å². The van der Waals surface area contributed by atoms with Crippen molar-refractivity contribution >= 4 is 59.1 Å². The highest BCUT2D eigenvalue weighted by molar-refractivity contribution is 5.90. The second-order valence-corrected chi connectivity index (χ2v) is 36.5. The summed E-state index contributed by atoms with van der Waals surface area (Å²) in [5.41, 5.74) is 2.84. The van der Waals surface area contributed by atoms with Crippen molar-refractivity contribution in [2.45, 2.75) is 364 Å². The average molecular weight is 2150 g/mol. The second-order valence-electron chi connectivity index (χ2n) is 36.5. The van der Waals surface area contributed by atoms with E-state index in [0.29, 0.717) is 44.9 Å². The van der Waals surface area contributed by atoms with Gasteiger partial charge in [0.05, 0.1) is 117 Å². The summed E-state index contributed by atoms with van der Waals surface area (Å²) in [6.07, 6.45) is -42.9. The Labute approximate surface area is 851 Å². The molecule has 0 saturated carbocycles. The molecule has 6 aliphatic heterocycles. The number of hydrogen-bond acceptors (Lipinski definition) is 50. The molecule has 10 amide bonds. The first-order chi connectivity index (χ1) is 71.2. The molecule has 3 aromatic rings. The molecule has 0 aromatic carbocycles. The number of amides is 10. The number of aromatic nitrogens is 9. The number of nitrogens with one attached hydrogen (secondary N) is 10. The highest BCUT2D eigenvalue weighted by atomic mass is 16.8. The fraction of sp³-hybridized carbons (Fsp3) is 0.814. The van der Waals surface area contributed by atoms with Gasteiger partial charge in [-0.25, -0.2) is 19.9 Å². The number of nitrogens with two attached hydrogens (primary N) is 1. The summed E-state index contributed by atoms with van der Waals surface area (Å²) in [7, 11) is 0. The quantitative estimate of drug-likeness (QED) is 0.0108. The maximum Gasteiger partial charge on any atom is 0.242 e. The number of carbonyl (C=O) groups excluding carboxylic acids is 10. The van der Waals surface area contributed by atoms with Crippen LogP contribution in [0.2, 0.25) is 0 Å². The Kier molecular flexibility index (Phi) is 52.0. The SMILES string of the molecule is CC(=O)NC(CCC(=O)NCc1cn(CCO[C@H]2O[C@H](CO[C@H]3O[C@H](CO)[C@@H](O)[C@H](O)[C@@H]3O)[C@@H](O)[C@H](O)[C@@H]2O)nn1)C(=O)NCCCCCC(=O)NC(CCC(=O)NCc1cn(CCO[C@H]2O[C@H](CO[C@H]3O[C@H](CO)[C@@H](O)[C@H](O)[C@@H]3O)[C@H](O)[C@H](O)[C@@H]2O)nn1)C(=O)NCCCCCC(=O)NC(CCC(=O)NCc1cn(CCO[C@H]2O[C@H](CO[C@H]3O[C@H](CO)[C@@H](O)[C@H](O)[C@@H]3O)[C@@H](O)[C@H](O)[C@@H]2O)nn1)C(=O)NCCCCCC(=O)NN. The van der Waals surface area contributed by atoms with Gasteiger partial charge in [0, 0.05) is 65.1 Å². The zero-order valence-electron chi connectivity index (χ0n) is 81.7. The molecule has 6 saturated heterocycles. The van der Waals surface area contributed by atoms with Gasteiger partial charge >= 0.3 is 0 Å². The molecule has 63 nitrogen and oxygen atoms in total. The lowest BCUT2D eigenvalue weighted by atomic mass is 9.98. The minimum Gasteiger partial charge on any atom is -0.394 e. The van der Waals surface area contributed by atoms with Gasteiger partial charge in [-0.15, -0.1) is 15.3 Å². The first-order valence-electron chi connectivity index (χ1n) is 49.1. The predicted molar refractivity (Wildman–Crippen MR) is 489 cm³/mol. The minimum atomic E-state index is -1.83. The molecule has 149 heavy (non-hydrogen) atoms. The van der Waals surface area contributed by atoms with E-state index >= 15 is 0 Å². The molecule has 3 unspecified atom stereocenters. The van der Waals surface area contributed by atoms with Gasteiger partial charge in [0.2, 0.25) is 59.1 Å². The van der Waals surface area contributed by atoms with Crippen LogP contribution in [0.3, 0.4) is 0 Å². The molecule has 33 atom stereocenters. The van der Waals surface area contributed by atoms with Crippen LogP contribution in [0.5, 0.6) is 0 Å². The Bertz CT molecular complexity index is 4560. The Morgan fingerprint density at radius 1 is 0.309 bits per heavy atom. The van der Waals surface area contributed by atoms with Crippen LogP contribution in [-0.2, 0) is 144 Å². The van der Waals surface area contributed by atoms with Crippen LogP contribution in [0.4, 0.5) is 0 Å². The molecule has 6 fully saturated rings. The van der Waals surface area contributed by atoms with E-state index in [0.717, 1.165) is 0 Å². The highest BCUT2D eigenvalue weighted by Crippen LogP contribution is 2.32. The third kappa shape index (κ3) is 38.5. The van der Waals surface area contributed by atoms with E-state index in [9.17, 15) is 155 Å². The summed E-state index contributed by atoms with van der Waals surface area (Å²) in [4.78, 5) is 132. The first kappa shape index (κ1) is 123. The van der Waals surface area contributed by atoms with Gasteiger partial charge in [-0.05, 0) is 57.8 Å². The molecule has 3 aromatic heterocycles. The van der Waals surface area contributed by atoms with Crippen molar-refractivity contribution in [3.05, 3.63) is 35.7 Å². The van der Waals surface area contributed by atoms with E-state index in [4.69, 9.17) is 62.7 Å². The van der Waals surface area contributed by atoms with E-state index < -0.39 is 295 Å². The zero-order valence-corrected chi connectivity index (χ0v) is 81.7. The van der Waals surface area contributed by atoms with Crippen LogP contribution in [-0.4, -0.2) is 493 Å². The Balaban J connectivity index is 0.711. The fourth-order valence-electron chi connectivity index (χ4n) is 16.2. The van der Waals surface area contributed by atoms with Crippen molar-refractivity contribution < 1.29 is 212 Å². The third-order valence-corrected chi connectivity index (χ3v) is 25.1. The summed E-state index contributed by atoms with van der Waals surface area (Å²) < 4.78 is 70.2. The molecule has 9 heterocycles. The number of carbonyl (C=O) groups is 10. The number of nitrogens with zero attached hydrogens (tertiary/aromatic N) is 9. The van der Waals surface area contributed by atoms with Gasteiger partial charge in [0.25, 0.3) is 0 Å². The predicted octanol–water partition coefficient (Wildman–Crippen LogP) is -17.5. The van der Waals surface area contributed by atoms with E-state index in [1.54, 1.807) is 0 Å². The van der Waals surface area contributed by atoms with Crippen LogP contribution >= 0.6 is 0 Å². The summed E-state index contributed by atoms with van der Waals surface area (Å²) in [5.74, 6) is -0.430. The van der Waals surface area contributed by atoms with Crippen molar-refractivity contribution in [3.8, 4) is 0 Å². The number of aliphatic hydroxyl groups excluding tert-OH is 21.